The summed E-state index contributed by atoms with van der Waals surface area (Å²) >= 11 is 0. The van der Waals surface area contributed by atoms with Gasteiger partial charge in [-0.2, -0.15) is 5.26 Å². The second kappa shape index (κ2) is 8.34. The molecule has 2 aromatic rings. The largest absolute Gasteiger partial charge is 0.339 e. The van der Waals surface area contributed by atoms with Crippen LogP contribution < -0.4 is 10.2 Å². The average Bonchev–Trinajstić information content (AvgIpc) is 3.57. The number of halogens is 2. The number of hydrogen-bond acceptors (Lipinski definition) is 6. The van der Waals surface area contributed by atoms with E-state index >= 15 is 0 Å². The van der Waals surface area contributed by atoms with Gasteiger partial charge in [0.25, 0.3) is 0 Å². The first kappa shape index (κ1) is 21.7. The molecule has 3 fully saturated rings. The maximum absolute atomic E-state index is 13.6. The van der Waals surface area contributed by atoms with Crippen molar-refractivity contribution in [2.75, 3.05) is 24.5 Å². The third-order valence-corrected chi connectivity index (χ3v) is 7.27. The molecule has 1 amide bonds. The summed E-state index contributed by atoms with van der Waals surface area (Å²) < 4.78 is 26.9. The molecule has 3 heterocycles. The molecular formula is C24H26F2N6O. The predicted octanol–water partition coefficient (Wildman–Crippen LogP) is 2.72. The summed E-state index contributed by atoms with van der Waals surface area (Å²) in [5.41, 5.74) is 0.808. The highest BCUT2D eigenvalue weighted by atomic mass is 19.2. The number of nitrogens with one attached hydrogen (secondary N) is 1. The number of carbonyl (C=O) groups excluding carboxylic acids is 1. The van der Waals surface area contributed by atoms with Crippen molar-refractivity contribution in [1.82, 2.24) is 20.2 Å². The number of hydrogen-bond donors (Lipinski definition) is 1. The van der Waals surface area contributed by atoms with Gasteiger partial charge >= 0.3 is 0 Å². The number of anilines is 1. The molecule has 1 aliphatic carbocycles. The molecule has 5 rings (SSSR count). The molecule has 1 aromatic heterocycles. The van der Waals surface area contributed by atoms with Crippen LogP contribution in [0.15, 0.2) is 30.6 Å². The van der Waals surface area contributed by atoms with Gasteiger partial charge in [-0.1, -0.05) is 13.0 Å². The van der Waals surface area contributed by atoms with Gasteiger partial charge in [-0.15, -0.1) is 0 Å². The second-order valence-electron chi connectivity index (χ2n) is 9.41. The highest BCUT2D eigenvalue weighted by Crippen LogP contribution is 2.45. The van der Waals surface area contributed by atoms with E-state index in [2.05, 4.69) is 27.1 Å². The minimum absolute atomic E-state index is 0.0908. The van der Waals surface area contributed by atoms with Crippen molar-refractivity contribution in [2.45, 2.75) is 50.2 Å². The van der Waals surface area contributed by atoms with Gasteiger partial charge in [0.05, 0.1) is 30.0 Å². The van der Waals surface area contributed by atoms with Crippen LogP contribution in [0.25, 0.3) is 0 Å². The highest BCUT2D eigenvalue weighted by Gasteiger charge is 2.47. The third-order valence-electron chi connectivity index (χ3n) is 7.27. The molecule has 33 heavy (non-hydrogen) atoms. The third kappa shape index (κ3) is 4.04. The summed E-state index contributed by atoms with van der Waals surface area (Å²) in [6, 6.07) is 6.36. The molecule has 2 aliphatic heterocycles. The van der Waals surface area contributed by atoms with Crippen LogP contribution >= 0.6 is 0 Å². The fraction of sp³-hybridized carbons (Fsp3) is 0.500. The lowest BCUT2D eigenvalue weighted by Crippen LogP contribution is -2.57. The smallest absolute Gasteiger partial charge is 0.225 e. The van der Waals surface area contributed by atoms with E-state index < -0.39 is 11.6 Å². The van der Waals surface area contributed by atoms with Crippen molar-refractivity contribution >= 4 is 11.9 Å². The Balaban J connectivity index is 1.19. The van der Waals surface area contributed by atoms with Gasteiger partial charge in [0.2, 0.25) is 11.9 Å². The summed E-state index contributed by atoms with van der Waals surface area (Å²) in [6.07, 6.45) is 6.09. The Morgan fingerprint density at radius 3 is 2.64 bits per heavy atom. The number of carbonyl (C=O) groups is 1. The quantitative estimate of drug-likeness (QED) is 0.726. The first-order chi connectivity index (χ1) is 15.9. The number of benzene rings is 1. The number of rotatable bonds is 6. The van der Waals surface area contributed by atoms with Crippen molar-refractivity contribution in [3.05, 3.63) is 53.4 Å². The van der Waals surface area contributed by atoms with E-state index in [1.807, 2.05) is 11.0 Å². The highest BCUT2D eigenvalue weighted by molar-refractivity contribution is 5.77. The Morgan fingerprint density at radius 1 is 1.24 bits per heavy atom. The minimum Gasteiger partial charge on any atom is -0.339 e. The molecular weight excluding hydrogens is 426 g/mol. The van der Waals surface area contributed by atoms with Gasteiger partial charge in [-0.3, -0.25) is 4.79 Å². The van der Waals surface area contributed by atoms with E-state index in [4.69, 9.17) is 5.26 Å². The maximum Gasteiger partial charge on any atom is 0.225 e. The van der Waals surface area contributed by atoms with E-state index in [0.717, 1.165) is 30.9 Å². The number of nitrogens with zero attached hydrogens (tertiary/aromatic N) is 5. The topological polar surface area (TPSA) is 85.2 Å². The van der Waals surface area contributed by atoms with Crippen LogP contribution in [0.5, 0.6) is 0 Å². The fourth-order valence-corrected chi connectivity index (χ4v) is 5.31. The fourth-order valence-electron chi connectivity index (χ4n) is 5.31. The molecule has 3 atom stereocenters. The Morgan fingerprint density at radius 2 is 2.00 bits per heavy atom. The van der Waals surface area contributed by atoms with Gasteiger partial charge in [0.15, 0.2) is 11.6 Å². The number of aromatic nitrogens is 2. The molecule has 3 aliphatic rings. The SMILES string of the molecule is C[C@H]1CC2CN(C(=O)CCNC3(c4ccc(F)c(F)c4)CC3)CC1N2c1ncc(C#N)cn1. The second-order valence-corrected chi connectivity index (χ2v) is 9.41. The summed E-state index contributed by atoms with van der Waals surface area (Å²) in [5, 5.41) is 12.4. The number of amides is 1. The lowest BCUT2D eigenvalue weighted by molar-refractivity contribution is -0.132. The average molecular weight is 453 g/mol. The first-order valence-corrected chi connectivity index (χ1v) is 11.4. The van der Waals surface area contributed by atoms with Crippen molar-refractivity contribution in [2.24, 2.45) is 5.92 Å². The van der Waals surface area contributed by atoms with Crippen LogP contribution in [0, 0.1) is 28.9 Å². The summed E-state index contributed by atoms with van der Waals surface area (Å²) in [5.74, 6) is -0.574. The molecule has 2 saturated heterocycles. The lowest BCUT2D eigenvalue weighted by atomic mass is 10.0. The van der Waals surface area contributed by atoms with Crippen molar-refractivity contribution in [3.63, 3.8) is 0 Å². The zero-order valence-corrected chi connectivity index (χ0v) is 18.5. The molecule has 1 aromatic carbocycles. The Hall–Kier alpha value is -3.12. The van der Waals surface area contributed by atoms with E-state index in [1.54, 1.807) is 6.07 Å². The molecule has 2 unspecified atom stereocenters. The van der Waals surface area contributed by atoms with E-state index in [1.165, 1.54) is 18.5 Å². The van der Waals surface area contributed by atoms with Gasteiger partial charge in [-0.25, -0.2) is 18.7 Å². The molecule has 1 N–H and O–H groups in total. The molecule has 0 radical (unpaired) electrons. The summed E-state index contributed by atoms with van der Waals surface area (Å²) in [6.45, 7) is 3.92. The zero-order chi connectivity index (χ0) is 23.2. The van der Waals surface area contributed by atoms with Crippen LogP contribution in [0.1, 0.15) is 43.7 Å². The predicted molar refractivity (Wildman–Crippen MR) is 117 cm³/mol. The lowest BCUT2D eigenvalue weighted by Gasteiger charge is -2.41. The van der Waals surface area contributed by atoms with E-state index in [-0.39, 0.29) is 23.5 Å². The summed E-state index contributed by atoms with van der Waals surface area (Å²) in [7, 11) is 0. The maximum atomic E-state index is 13.6. The first-order valence-electron chi connectivity index (χ1n) is 11.4. The van der Waals surface area contributed by atoms with Gasteiger partial charge in [0, 0.05) is 31.6 Å². The van der Waals surface area contributed by atoms with Crippen molar-refractivity contribution in [1.29, 1.82) is 5.26 Å². The Labute approximate surface area is 191 Å². The molecule has 1 saturated carbocycles. The molecule has 9 heteroatoms. The monoisotopic (exact) mass is 452 g/mol. The Kier molecular flexibility index (Phi) is 5.49. The number of fused-ring (bicyclic) bond motifs is 2. The van der Waals surface area contributed by atoms with Crippen LogP contribution in [0.4, 0.5) is 14.7 Å². The van der Waals surface area contributed by atoms with Crippen LogP contribution in [0.3, 0.4) is 0 Å². The number of piperazine rings is 1. The summed E-state index contributed by atoms with van der Waals surface area (Å²) in [4.78, 5) is 25.9. The van der Waals surface area contributed by atoms with Gasteiger partial charge in [-0.05, 0) is 42.9 Å². The van der Waals surface area contributed by atoms with E-state index in [9.17, 15) is 13.6 Å². The molecule has 0 spiro atoms. The van der Waals surface area contributed by atoms with Crippen LogP contribution in [-0.4, -0.2) is 52.5 Å². The molecule has 7 nitrogen and oxygen atoms in total. The number of likely N-dealkylation sites (tertiary alicyclic amines) is 1. The molecule has 2 bridgehead atoms. The normalized spacial score (nSPS) is 25.1. The Bertz CT molecular complexity index is 1100. The minimum atomic E-state index is -0.848. The van der Waals surface area contributed by atoms with E-state index in [0.29, 0.717) is 43.5 Å². The zero-order valence-electron chi connectivity index (χ0n) is 18.5. The van der Waals surface area contributed by atoms with Crippen molar-refractivity contribution in [3.8, 4) is 6.07 Å². The van der Waals surface area contributed by atoms with Gasteiger partial charge in [0.1, 0.15) is 6.07 Å². The van der Waals surface area contributed by atoms with Crippen LogP contribution in [0.2, 0.25) is 0 Å². The van der Waals surface area contributed by atoms with Crippen LogP contribution in [-0.2, 0) is 10.3 Å². The molecule has 172 valence electrons. The van der Waals surface area contributed by atoms with Gasteiger partial charge < -0.3 is 15.1 Å². The standard InChI is InChI=1S/C24H26F2N6O/c1-15-8-18-13-31(14-21(15)32(18)23-28-11-16(10-27)12-29-23)22(33)4-7-30-24(5-6-24)17-2-3-19(25)20(26)9-17/h2-3,9,11-12,15,18,21,30H,4-8,13-14H2,1H3/t15-,18?,21?/m0/s1. The number of nitriles is 1. The van der Waals surface area contributed by atoms with Crippen molar-refractivity contribution < 1.29 is 13.6 Å².